The monoisotopic (exact) mass is 401 g/mol. The van der Waals surface area contributed by atoms with Crippen LogP contribution < -0.4 is 21.3 Å². The average molecular weight is 402 g/mol. The molecule has 0 aliphatic heterocycles. The molecule has 0 atom stereocenters. The van der Waals surface area contributed by atoms with Crippen molar-refractivity contribution in [3.63, 3.8) is 0 Å². The Morgan fingerprint density at radius 1 is 1.04 bits per heavy atom. The molecule has 0 radical (unpaired) electrons. The normalized spacial score (nSPS) is 11.4. The van der Waals surface area contributed by atoms with Crippen LogP contribution in [0.15, 0.2) is 41.4 Å². The van der Waals surface area contributed by atoms with Crippen molar-refractivity contribution in [2.24, 2.45) is 4.99 Å². The number of aryl methyl sites for hydroxylation is 1. The lowest BCUT2D eigenvalue weighted by atomic mass is 10.2. The van der Waals surface area contributed by atoms with E-state index in [2.05, 4.69) is 52.2 Å². The van der Waals surface area contributed by atoms with Crippen molar-refractivity contribution in [1.82, 2.24) is 16.0 Å². The number of aliphatic imine (C=N–C) groups is 1. The summed E-state index contributed by atoms with van der Waals surface area (Å²) in [6, 6.07) is 12.0. The predicted octanol–water partition coefficient (Wildman–Crippen LogP) is 4.10. The Bertz CT molecular complexity index is 767. The first-order chi connectivity index (χ1) is 13.5. The molecule has 2 amide bonds. The second-order valence-electron chi connectivity index (χ2n) is 6.72. The molecule has 4 N–H and O–H groups in total. The van der Waals surface area contributed by atoms with Crippen LogP contribution in [0.4, 0.5) is 10.5 Å². The molecule has 2 aromatic rings. The molecule has 2 rings (SSSR count). The molecule has 0 aliphatic rings. The van der Waals surface area contributed by atoms with Gasteiger partial charge in [-0.25, -0.2) is 9.79 Å². The van der Waals surface area contributed by atoms with Gasteiger partial charge in [0, 0.05) is 28.0 Å². The Hall–Kier alpha value is -2.54. The fraction of sp³-hybridized carbons (Fsp3) is 0.429. The van der Waals surface area contributed by atoms with Crippen molar-refractivity contribution >= 4 is 29.0 Å². The van der Waals surface area contributed by atoms with Gasteiger partial charge in [-0.3, -0.25) is 0 Å². The van der Waals surface area contributed by atoms with Gasteiger partial charge >= 0.3 is 6.03 Å². The SMILES string of the molecule is CCNC(=NCc1ccc(NC(=O)NC(C)C)cc1)NCc1ccc(CC)s1. The Morgan fingerprint density at radius 3 is 2.36 bits per heavy atom. The van der Waals surface area contributed by atoms with E-state index in [1.54, 1.807) is 0 Å². The first-order valence-electron chi connectivity index (χ1n) is 9.76. The number of rotatable bonds is 8. The maximum Gasteiger partial charge on any atom is 0.319 e. The van der Waals surface area contributed by atoms with E-state index in [0.717, 1.165) is 36.7 Å². The number of thiophene rings is 1. The van der Waals surface area contributed by atoms with Gasteiger partial charge in [0.2, 0.25) is 0 Å². The molecule has 7 heteroatoms. The Morgan fingerprint density at radius 2 is 1.75 bits per heavy atom. The van der Waals surface area contributed by atoms with Crippen molar-refractivity contribution in [2.75, 3.05) is 11.9 Å². The zero-order chi connectivity index (χ0) is 20.4. The van der Waals surface area contributed by atoms with Gasteiger partial charge < -0.3 is 21.3 Å². The Kier molecular flexibility index (Phi) is 8.81. The van der Waals surface area contributed by atoms with Crippen LogP contribution in [0.2, 0.25) is 0 Å². The number of urea groups is 1. The van der Waals surface area contributed by atoms with Crippen LogP contribution in [0.5, 0.6) is 0 Å². The molecule has 1 heterocycles. The molecule has 0 saturated heterocycles. The number of amides is 2. The van der Waals surface area contributed by atoms with Gasteiger partial charge in [0.05, 0.1) is 13.1 Å². The average Bonchev–Trinajstić information content (AvgIpc) is 3.12. The third kappa shape index (κ3) is 7.60. The molecule has 0 aliphatic carbocycles. The molecule has 28 heavy (non-hydrogen) atoms. The van der Waals surface area contributed by atoms with Crippen LogP contribution in [0.1, 0.15) is 43.0 Å². The Balaban J connectivity index is 1.89. The van der Waals surface area contributed by atoms with Crippen LogP contribution in [0.25, 0.3) is 0 Å². The molecule has 0 fully saturated rings. The lowest BCUT2D eigenvalue weighted by molar-refractivity contribution is 0.250. The topological polar surface area (TPSA) is 77.5 Å². The smallest absolute Gasteiger partial charge is 0.319 e. The summed E-state index contributed by atoms with van der Waals surface area (Å²) in [4.78, 5) is 19.1. The Labute approximate surface area is 171 Å². The largest absolute Gasteiger partial charge is 0.357 e. The third-order valence-corrected chi connectivity index (χ3v) is 5.12. The highest BCUT2D eigenvalue weighted by Crippen LogP contribution is 2.16. The minimum atomic E-state index is -0.195. The van der Waals surface area contributed by atoms with Gasteiger partial charge in [0.25, 0.3) is 0 Å². The number of anilines is 1. The molecular weight excluding hydrogens is 370 g/mol. The van der Waals surface area contributed by atoms with Crippen molar-refractivity contribution in [3.8, 4) is 0 Å². The molecular formula is C21H31N5OS. The van der Waals surface area contributed by atoms with Crippen LogP contribution >= 0.6 is 11.3 Å². The summed E-state index contributed by atoms with van der Waals surface area (Å²) in [6.07, 6.45) is 1.07. The van der Waals surface area contributed by atoms with Crippen LogP contribution in [0, 0.1) is 0 Å². The van der Waals surface area contributed by atoms with E-state index in [0.29, 0.717) is 6.54 Å². The minimum absolute atomic E-state index is 0.105. The first kappa shape index (κ1) is 21.8. The number of carbonyl (C=O) groups is 1. The maximum atomic E-state index is 11.7. The number of nitrogens with zero attached hydrogens (tertiary/aromatic N) is 1. The molecule has 1 aromatic heterocycles. The second-order valence-corrected chi connectivity index (χ2v) is 7.97. The van der Waals surface area contributed by atoms with Gasteiger partial charge in [-0.1, -0.05) is 19.1 Å². The summed E-state index contributed by atoms with van der Waals surface area (Å²) >= 11 is 1.83. The van der Waals surface area contributed by atoms with Crippen molar-refractivity contribution in [2.45, 2.75) is 53.2 Å². The summed E-state index contributed by atoms with van der Waals surface area (Å²) in [6.45, 7) is 10.2. The van der Waals surface area contributed by atoms with E-state index in [4.69, 9.17) is 0 Å². The van der Waals surface area contributed by atoms with Crippen LogP contribution in [-0.2, 0) is 19.5 Å². The highest BCUT2D eigenvalue weighted by molar-refractivity contribution is 7.11. The lowest BCUT2D eigenvalue weighted by Gasteiger charge is -2.11. The predicted molar refractivity (Wildman–Crippen MR) is 119 cm³/mol. The fourth-order valence-electron chi connectivity index (χ4n) is 2.51. The second kappa shape index (κ2) is 11.3. The zero-order valence-corrected chi connectivity index (χ0v) is 18.0. The molecule has 0 spiro atoms. The van der Waals surface area contributed by atoms with Crippen LogP contribution in [0.3, 0.4) is 0 Å². The number of carbonyl (C=O) groups excluding carboxylic acids is 1. The minimum Gasteiger partial charge on any atom is -0.357 e. The summed E-state index contributed by atoms with van der Waals surface area (Å²) in [7, 11) is 0. The summed E-state index contributed by atoms with van der Waals surface area (Å²) in [5.41, 5.74) is 1.84. The maximum absolute atomic E-state index is 11.7. The molecule has 1 aromatic carbocycles. The number of nitrogens with one attached hydrogen (secondary N) is 4. The molecule has 0 saturated carbocycles. The van der Waals surface area contributed by atoms with Crippen molar-refractivity contribution in [3.05, 3.63) is 51.7 Å². The van der Waals surface area contributed by atoms with E-state index in [-0.39, 0.29) is 12.1 Å². The van der Waals surface area contributed by atoms with E-state index in [1.165, 1.54) is 9.75 Å². The number of hydrogen-bond donors (Lipinski definition) is 4. The van der Waals surface area contributed by atoms with Crippen molar-refractivity contribution in [1.29, 1.82) is 0 Å². The van der Waals surface area contributed by atoms with Crippen LogP contribution in [-0.4, -0.2) is 24.6 Å². The third-order valence-electron chi connectivity index (χ3n) is 3.89. The molecule has 6 nitrogen and oxygen atoms in total. The van der Waals surface area contributed by atoms with Gasteiger partial charge in [0.15, 0.2) is 5.96 Å². The van der Waals surface area contributed by atoms with Gasteiger partial charge in [0.1, 0.15) is 0 Å². The summed E-state index contributed by atoms with van der Waals surface area (Å²) < 4.78 is 0. The van der Waals surface area contributed by atoms with E-state index < -0.39 is 0 Å². The number of guanidine groups is 1. The summed E-state index contributed by atoms with van der Waals surface area (Å²) in [5, 5.41) is 12.3. The highest BCUT2D eigenvalue weighted by atomic mass is 32.1. The van der Waals surface area contributed by atoms with E-state index >= 15 is 0 Å². The number of benzene rings is 1. The lowest BCUT2D eigenvalue weighted by Crippen LogP contribution is -2.36. The quantitative estimate of drug-likeness (QED) is 0.397. The van der Waals surface area contributed by atoms with Gasteiger partial charge in [-0.05, 0) is 57.0 Å². The fourth-order valence-corrected chi connectivity index (χ4v) is 3.41. The van der Waals surface area contributed by atoms with Gasteiger partial charge in [-0.2, -0.15) is 0 Å². The summed E-state index contributed by atoms with van der Waals surface area (Å²) in [5.74, 6) is 0.799. The molecule has 0 bridgehead atoms. The highest BCUT2D eigenvalue weighted by Gasteiger charge is 2.04. The van der Waals surface area contributed by atoms with Gasteiger partial charge in [-0.15, -0.1) is 11.3 Å². The molecule has 152 valence electrons. The number of hydrogen-bond acceptors (Lipinski definition) is 3. The van der Waals surface area contributed by atoms with Crippen molar-refractivity contribution < 1.29 is 4.79 Å². The molecule has 0 unspecified atom stereocenters. The standard InChI is InChI=1S/C21H31N5OS/c1-5-18-11-12-19(28-18)14-24-20(22-6-2)23-13-16-7-9-17(10-8-16)26-21(27)25-15(3)4/h7-12,15H,5-6,13-14H2,1-4H3,(H2,22,23,24)(H2,25,26,27). The van der Waals surface area contributed by atoms with E-state index in [1.807, 2.05) is 49.4 Å². The first-order valence-corrected chi connectivity index (χ1v) is 10.6. The zero-order valence-electron chi connectivity index (χ0n) is 17.1. The van der Waals surface area contributed by atoms with E-state index in [9.17, 15) is 4.79 Å².